The number of anilines is 1. The molecule has 1 N–H and O–H groups in total. The Kier molecular flexibility index (Phi) is 4.47. The van der Waals surface area contributed by atoms with Crippen molar-refractivity contribution in [3.63, 3.8) is 0 Å². The summed E-state index contributed by atoms with van der Waals surface area (Å²) in [5.41, 5.74) is 6.23. The van der Waals surface area contributed by atoms with Crippen LogP contribution in [0.3, 0.4) is 0 Å². The van der Waals surface area contributed by atoms with E-state index in [-0.39, 0.29) is 5.91 Å². The van der Waals surface area contributed by atoms with Gasteiger partial charge in [0.1, 0.15) is 5.52 Å². The monoisotopic (exact) mass is 356 g/mol. The summed E-state index contributed by atoms with van der Waals surface area (Å²) < 4.78 is 5.86. The Labute approximate surface area is 157 Å². The standard InChI is InChI=1S/C23H20N2O2/c1-3-16-6-13-21-20(14-16)25-23(27-21)18-9-11-19(12-10-18)24-22(26)17-7-4-15(2)5-8-17/h4-14H,3H2,1-2H3,(H,24,26). The van der Waals surface area contributed by atoms with Gasteiger partial charge in [-0.25, -0.2) is 4.98 Å². The van der Waals surface area contributed by atoms with Gasteiger partial charge in [0.15, 0.2) is 5.58 Å². The van der Waals surface area contributed by atoms with Gasteiger partial charge in [-0.2, -0.15) is 0 Å². The minimum absolute atomic E-state index is 0.128. The summed E-state index contributed by atoms with van der Waals surface area (Å²) in [6.45, 7) is 4.11. The number of carbonyl (C=O) groups excluding carboxylic acids is 1. The second-order valence-electron chi connectivity index (χ2n) is 6.57. The second-order valence-corrected chi connectivity index (χ2v) is 6.57. The number of fused-ring (bicyclic) bond motifs is 1. The van der Waals surface area contributed by atoms with Gasteiger partial charge < -0.3 is 9.73 Å². The number of hydrogen-bond acceptors (Lipinski definition) is 3. The van der Waals surface area contributed by atoms with Crippen molar-refractivity contribution in [1.29, 1.82) is 0 Å². The van der Waals surface area contributed by atoms with Gasteiger partial charge in [0.2, 0.25) is 5.89 Å². The van der Waals surface area contributed by atoms with Crippen molar-refractivity contribution in [3.8, 4) is 11.5 Å². The average molecular weight is 356 g/mol. The number of rotatable bonds is 4. The lowest BCUT2D eigenvalue weighted by atomic mass is 10.1. The Morgan fingerprint density at radius 1 is 1.00 bits per heavy atom. The molecule has 0 aliphatic carbocycles. The number of nitrogens with one attached hydrogen (secondary N) is 1. The first-order valence-electron chi connectivity index (χ1n) is 9.00. The predicted molar refractivity (Wildman–Crippen MR) is 108 cm³/mol. The summed E-state index contributed by atoms with van der Waals surface area (Å²) in [6.07, 6.45) is 0.966. The SMILES string of the molecule is CCc1ccc2oc(-c3ccc(NC(=O)c4ccc(C)cc4)cc3)nc2c1. The number of aromatic nitrogens is 1. The minimum Gasteiger partial charge on any atom is -0.436 e. The molecule has 0 saturated carbocycles. The molecule has 0 bridgehead atoms. The number of nitrogens with zero attached hydrogens (tertiary/aromatic N) is 1. The first-order chi connectivity index (χ1) is 13.1. The van der Waals surface area contributed by atoms with E-state index in [1.54, 1.807) is 0 Å². The molecule has 4 heteroatoms. The van der Waals surface area contributed by atoms with Crippen molar-refractivity contribution in [1.82, 2.24) is 4.98 Å². The molecule has 3 aromatic carbocycles. The third-order valence-corrected chi connectivity index (χ3v) is 4.56. The van der Waals surface area contributed by atoms with E-state index >= 15 is 0 Å². The van der Waals surface area contributed by atoms with Crippen LogP contribution in [0, 0.1) is 6.92 Å². The molecule has 4 nitrogen and oxygen atoms in total. The zero-order valence-electron chi connectivity index (χ0n) is 15.3. The number of carbonyl (C=O) groups is 1. The van der Waals surface area contributed by atoms with Crippen LogP contribution in [0.1, 0.15) is 28.4 Å². The Morgan fingerprint density at radius 3 is 2.44 bits per heavy atom. The maximum Gasteiger partial charge on any atom is 0.255 e. The van der Waals surface area contributed by atoms with Gasteiger partial charge >= 0.3 is 0 Å². The smallest absolute Gasteiger partial charge is 0.255 e. The first-order valence-corrected chi connectivity index (χ1v) is 9.00. The molecule has 0 spiro atoms. The van der Waals surface area contributed by atoms with Crippen molar-refractivity contribution >= 4 is 22.7 Å². The highest BCUT2D eigenvalue weighted by Gasteiger charge is 2.10. The number of benzene rings is 3. The summed E-state index contributed by atoms with van der Waals surface area (Å²) >= 11 is 0. The summed E-state index contributed by atoms with van der Waals surface area (Å²) in [5.74, 6) is 0.450. The molecule has 0 unspecified atom stereocenters. The lowest BCUT2D eigenvalue weighted by Crippen LogP contribution is -2.11. The third-order valence-electron chi connectivity index (χ3n) is 4.56. The summed E-state index contributed by atoms with van der Waals surface area (Å²) in [7, 11) is 0. The van der Waals surface area contributed by atoms with E-state index < -0.39 is 0 Å². The van der Waals surface area contributed by atoms with Gasteiger partial charge in [-0.05, 0) is 67.4 Å². The van der Waals surface area contributed by atoms with Crippen molar-refractivity contribution in [2.24, 2.45) is 0 Å². The lowest BCUT2D eigenvalue weighted by molar-refractivity contribution is 0.102. The average Bonchev–Trinajstić information content (AvgIpc) is 3.12. The van der Waals surface area contributed by atoms with E-state index in [0.29, 0.717) is 11.5 Å². The van der Waals surface area contributed by atoms with E-state index in [2.05, 4.69) is 29.4 Å². The maximum atomic E-state index is 12.3. The third kappa shape index (κ3) is 3.60. The maximum absolute atomic E-state index is 12.3. The van der Waals surface area contributed by atoms with Crippen LogP contribution in [-0.2, 0) is 6.42 Å². The zero-order valence-corrected chi connectivity index (χ0v) is 15.3. The second kappa shape index (κ2) is 7.08. The minimum atomic E-state index is -0.128. The molecule has 0 aliphatic heterocycles. The Morgan fingerprint density at radius 2 is 1.74 bits per heavy atom. The van der Waals surface area contributed by atoms with E-state index in [1.807, 2.05) is 61.5 Å². The Hall–Kier alpha value is -3.40. The molecule has 4 aromatic rings. The van der Waals surface area contributed by atoms with E-state index in [4.69, 9.17) is 4.42 Å². The Balaban J connectivity index is 1.53. The normalized spacial score (nSPS) is 10.9. The fraction of sp³-hybridized carbons (Fsp3) is 0.130. The molecule has 0 saturated heterocycles. The summed E-state index contributed by atoms with van der Waals surface area (Å²) in [5, 5.41) is 2.91. The van der Waals surface area contributed by atoms with Gasteiger partial charge in [0.05, 0.1) is 0 Å². The topological polar surface area (TPSA) is 55.1 Å². The number of amides is 1. The van der Waals surface area contributed by atoms with Crippen LogP contribution in [-0.4, -0.2) is 10.9 Å². The van der Waals surface area contributed by atoms with Crippen LogP contribution in [0.5, 0.6) is 0 Å². The van der Waals surface area contributed by atoms with Crippen LogP contribution in [0.2, 0.25) is 0 Å². The molecule has 0 atom stereocenters. The fourth-order valence-corrected chi connectivity index (χ4v) is 2.92. The molecule has 27 heavy (non-hydrogen) atoms. The van der Waals surface area contributed by atoms with Gasteiger partial charge in [-0.3, -0.25) is 4.79 Å². The van der Waals surface area contributed by atoms with Gasteiger partial charge in [0, 0.05) is 16.8 Å². The molecule has 0 fully saturated rings. The van der Waals surface area contributed by atoms with Crippen molar-refractivity contribution in [2.45, 2.75) is 20.3 Å². The van der Waals surface area contributed by atoms with Crippen LogP contribution >= 0.6 is 0 Å². The van der Waals surface area contributed by atoms with Gasteiger partial charge in [-0.1, -0.05) is 30.7 Å². The quantitative estimate of drug-likeness (QED) is 0.516. The van der Waals surface area contributed by atoms with Crippen molar-refractivity contribution < 1.29 is 9.21 Å². The fourth-order valence-electron chi connectivity index (χ4n) is 2.92. The molecule has 0 radical (unpaired) electrons. The lowest BCUT2D eigenvalue weighted by Gasteiger charge is -2.06. The van der Waals surface area contributed by atoms with E-state index in [9.17, 15) is 4.79 Å². The van der Waals surface area contributed by atoms with Crippen LogP contribution < -0.4 is 5.32 Å². The number of aryl methyl sites for hydroxylation is 2. The highest BCUT2D eigenvalue weighted by Crippen LogP contribution is 2.26. The number of oxazole rings is 1. The molecular formula is C23H20N2O2. The van der Waals surface area contributed by atoms with Crippen LogP contribution in [0.4, 0.5) is 5.69 Å². The molecule has 134 valence electrons. The van der Waals surface area contributed by atoms with Crippen LogP contribution in [0.25, 0.3) is 22.6 Å². The van der Waals surface area contributed by atoms with Crippen LogP contribution in [0.15, 0.2) is 71.1 Å². The molecule has 1 aromatic heterocycles. The van der Waals surface area contributed by atoms with Crippen molar-refractivity contribution in [2.75, 3.05) is 5.32 Å². The zero-order chi connectivity index (χ0) is 18.8. The summed E-state index contributed by atoms with van der Waals surface area (Å²) in [4.78, 5) is 16.9. The molecule has 1 amide bonds. The van der Waals surface area contributed by atoms with Gasteiger partial charge in [0.25, 0.3) is 5.91 Å². The first kappa shape index (κ1) is 17.0. The highest BCUT2D eigenvalue weighted by molar-refractivity contribution is 6.04. The molecule has 0 aliphatic rings. The van der Waals surface area contributed by atoms with E-state index in [0.717, 1.165) is 34.3 Å². The van der Waals surface area contributed by atoms with Gasteiger partial charge in [-0.15, -0.1) is 0 Å². The van der Waals surface area contributed by atoms with Crippen molar-refractivity contribution in [3.05, 3.63) is 83.4 Å². The largest absolute Gasteiger partial charge is 0.436 e. The molecule has 1 heterocycles. The Bertz CT molecular complexity index is 1090. The molecular weight excluding hydrogens is 336 g/mol. The van der Waals surface area contributed by atoms with E-state index in [1.165, 1.54) is 5.56 Å². The molecule has 4 rings (SSSR count). The predicted octanol–water partition coefficient (Wildman–Crippen LogP) is 5.62. The summed E-state index contributed by atoms with van der Waals surface area (Å²) in [6, 6.07) is 21.1. The highest BCUT2D eigenvalue weighted by atomic mass is 16.3. The number of hydrogen-bond donors (Lipinski definition) is 1.